The van der Waals surface area contributed by atoms with Gasteiger partial charge in [0.25, 0.3) is 0 Å². The minimum Gasteiger partial charge on any atom is -0.367 e. The van der Waals surface area contributed by atoms with Gasteiger partial charge in [0.1, 0.15) is 0 Å². The molecule has 0 aromatic heterocycles. The third-order valence-electron chi connectivity index (χ3n) is 4.12. The van der Waals surface area contributed by atoms with E-state index in [1.807, 2.05) is 12.1 Å². The van der Waals surface area contributed by atoms with Gasteiger partial charge in [-0.1, -0.05) is 23.2 Å². The summed E-state index contributed by atoms with van der Waals surface area (Å²) >= 11 is 12.0. The first-order valence-electron chi connectivity index (χ1n) is 7.11. The first-order valence-corrected chi connectivity index (χ1v) is 7.87. The van der Waals surface area contributed by atoms with Gasteiger partial charge in [0, 0.05) is 22.5 Å². The molecule has 1 saturated heterocycles. The molecule has 2 fully saturated rings. The molecule has 0 radical (unpaired) electrons. The zero-order chi connectivity index (χ0) is 15.9. The SMILES string of the molecule is NC(=O)[C@@H]1CN(C(=O)[C@H]2C[C@@H]2c2cc(Cl)cc(Cl)c2)CCO1. The third kappa shape index (κ3) is 3.21. The number of morpholine rings is 1. The van der Waals surface area contributed by atoms with Crippen LogP contribution in [-0.4, -0.2) is 42.5 Å². The van der Waals surface area contributed by atoms with Crippen molar-refractivity contribution in [3.8, 4) is 0 Å². The summed E-state index contributed by atoms with van der Waals surface area (Å²) in [5, 5.41) is 1.14. The number of rotatable bonds is 3. The van der Waals surface area contributed by atoms with Crippen LogP contribution >= 0.6 is 23.2 Å². The largest absolute Gasteiger partial charge is 0.367 e. The molecule has 7 heteroatoms. The number of hydrogen-bond donors (Lipinski definition) is 1. The number of halogens is 2. The molecule has 2 N–H and O–H groups in total. The van der Waals surface area contributed by atoms with Gasteiger partial charge < -0.3 is 15.4 Å². The van der Waals surface area contributed by atoms with Crippen LogP contribution in [0.5, 0.6) is 0 Å². The molecule has 2 aliphatic rings. The van der Waals surface area contributed by atoms with Gasteiger partial charge in [0.2, 0.25) is 11.8 Å². The second kappa shape index (κ2) is 6.07. The van der Waals surface area contributed by atoms with E-state index < -0.39 is 12.0 Å². The van der Waals surface area contributed by atoms with Crippen LogP contribution < -0.4 is 5.73 Å². The zero-order valence-electron chi connectivity index (χ0n) is 11.8. The van der Waals surface area contributed by atoms with Gasteiger partial charge in [0.05, 0.1) is 13.2 Å². The smallest absolute Gasteiger partial charge is 0.248 e. The maximum absolute atomic E-state index is 12.5. The summed E-state index contributed by atoms with van der Waals surface area (Å²) in [4.78, 5) is 25.4. The highest BCUT2D eigenvalue weighted by Gasteiger charge is 2.46. The number of amides is 2. The quantitative estimate of drug-likeness (QED) is 0.910. The monoisotopic (exact) mass is 342 g/mol. The van der Waals surface area contributed by atoms with Gasteiger partial charge in [-0.3, -0.25) is 9.59 Å². The highest BCUT2D eigenvalue weighted by molar-refractivity contribution is 6.34. The van der Waals surface area contributed by atoms with Gasteiger partial charge >= 0.3 is 0 Å². The number of nitrogens with zero attached hydrogens (tertiary/aromatic N) is 1. The lowest BCUT2D eigenvalue weighted by Crippen LogP contribution is -2.50. The van der Waals surface area contributed by atoms with Crippen LogP contribution in [0.25, 0.3) is 0 Å². The van der Waals surface area contributed by atoms with Gasteiger partial charge in [-0.15, -0.1) is 0 Å². The van der Waals surface area contributed by atoms with Gasteiger partial charge in [-0.05, 0) is 36.1 Å². The van der Waals surface area contributed by atoms with Crippen molar-refractivity contribution in [2.75, 3.05) is 19.7 Å². The maximum Gasteiger partial charge on any atom is 0.248 e. The number of ether oxygens (including phenoxy) is 1. The standard InChI is InChI=1S/C15H16Cl2N2O3/c16-9-3-8(4-10(17)5-9)11-6-12(11)15(21)19-1-2-22-13(7-19)14(18)20/h3-5,11-13H,1-2,6-7H2,(H2,18,20)/t11-,12+,13+/m1/s1. The summed E-state index contributed by atoms with van der Waals surface area (Å²) in [6.07, 6.45) is 0.0594. The first kappa shape index (κ1) is 15.6. The minimum absolute atomic E-state index is 0.0376. The van der Waals surface area contributed by atoms with E-state index in [0.717, 1.165) is 12.0 Å². The van der Waals surface area contributed by atoms with Crippen molar-refractivity contribution in [1.82, 2.24) is 4.90 Å². The highest BCUT2D eigenvalue weighted by atomic mass is 35.5. The summed E-state index contributed by atoms with van der Waals surface area (Å²) in [5.41, 5.74) is 6.22. The summed E-state index contributed by atoms with van der Waals surface area (Å²) < 4.78 is 5.26. The number of primary amides is 1. The molecule has 118 valence electrons. The van der Waals surface area contributed by atoms with E-state index in [4.69, 9.17) is 33.7 Å². The Morgan fingerprint density at radius 2 is 1.91 bits per heavy atom. The van der Waals surface area contributed by atoms with Crippen LogP contribution in [0, 0.1) is 5.92 Å². The van der Waals surface area contributed by atoms with Gasteiger partial charge in [-0.2, -0.15) is 0 Å². The van der Waals surface area contributed by atoms with E-state index >= 15 is 0 Å². The van der Waals surface area contributed by atoms with Crippen molar-refractivity contribution in [3.63, 3.8) is 0 Å². The Labute approximate surface area is 138 Å². The fraction of sp³-hybridized carbons (Fsp3) is 0.467. The molecule has 5 nitrogen and oxygen atoms in total. The van der Waals surface area contributed by atoms with Crippen molar-refractivity contribution in [2.24, 2.45) is 11.7 Å². The van der Waals surface area contributed by atoms with E-state index in [1.165, 1.54) is 0 Å². The van der Waals surface area contributed by atoms with E-state index in [1.54, 1.807) is 11.0 Å². The van der Waals surface area contributed by atoms with Crippen molar-refractivity contribution in [1.29, 1.82) is 0 Å². The maximum atomic E-state index is 12.5. The molecule has 3 rings (SSSR count). The van der Waals surface area contributed by atoms with E-state index in [2.05, 4.69) is 0 Å². The molecule has 1 aliphatic heterocycles. The molecule has 0 unspecified atom stereocenters. The van der Waals surface area contributed by atoms with Gasteiger partial charge in [-0.25, -0.2) is 0 Å². The highest BCUT2D eigenvalue weighted by Crippen LogP contribution is 2.49. The van der Waals surface area contributed by atoms with Crippen molar-refractivity contribution < 1.29 is 14.3 Å². The number of nitrogens with two attached hydrogens (primary N) is 1. The lowest BCUT2D eigenvalue weighted by molar-refractivity contribution is -0.146. The fourth-order valence-electron chi connectivity index (χ4n) is 2.88. The van der Waals surface area contributed by atoms with Crippen molar-refractivity contribution in [2.45, 2.75) is 18.4 Å². The lowest BCUT2D eigenvalue weighted by Gasteiger charge is -2.31. The summed E-state index contributed by atoms with van der Waals surface area (Å²) in [7, 11) is 0. The lowest BCUT2D eigenvalue weighted by atomic mass is 10.1. The molecule has 22 heavy (non-hydrogen) atoms. The predicted molar refractivity (Wildman–Crippen MR) is 82.8 cm³/mol. The Hall–Kier alpha value is -1.30. The predicted octanol–water partition coefficient (Wildman–Crippen LogP) is 1.81. The molecular formula is C15H16Cl2N2O3. The second-order valence-corrected chi connectivity index (χ2v) is 6.57. The van der Waals surface area contributed by atoms with E-state index in [-0.39, 0.29) is 24.3 Å². The third-order valence-corrected chi connectivity index (χ3v) is 4.55. The zero-order valence-corrected chi connectivity index (χ0v) is 13.3. The average molecular weight is 343 g/mol. The molecule has 1 aromatic rings. The van der Waals surface area contributed by atoms with E-state index in [0.29, 0.717) is 23.2 Å². The van der Waals surface area contributed by atoms with E-state index in [9.17, 15) is 9.59 Å². The Morgan fingerprint density at radius 3 is 2.55 bits per heavy atom. The van der Waals surface area contributed by atoms with Crippen LogP contribution in [0.3, 0.4) is 0 Å². The molecule has 1 aromatic carbocycles. The van der Waals surface area contributed by atoms with Crippen LogP contribution in [0.4, 0.5) is 0 Å². The van der Waals surface area contributed by atoms with Crippen LogP contribution in [0.2, 0.25) is 10.0 Å². The topological polar surface area (TPSA) is 72.6 Å². The van der Waals surface area contributed by atoms with Crippen LogP contribution in [0.1, 0.15) is 17.9 Å². The first-order chi connectivity index (χ1) is 10.5. The summed E-state index contributed by atoms with van der Waals surface area (Å²) in [6.45, 7) is 1.05. The molecule has 3 atom stereocenters. The molecule has 1 saturated carbocycles. The molecule has 1 heterocycles. The molecule has 1 aliphatic carbocycles. The Balaban J connectivity index is 1.66. The van der Waals surface area contributed by atoms with Crippen LogP contribution in [0.15, 0.2) is 18.2 Å². The minimum atomic E-state index is -0.712. The average Bonchev–Trinajstić information content (AvgIpc) is 3.26. The Kier molecular flexibility index (Phi) is 4.30. The normalized spacial score (nSPS) is 27.5. The Bertz CT molecular complexity index is 603. The second-order valence-electron chi connectivity index (χ2n) is 5.70. The summed E-state index contributed by atoms with van der Waals surface area (Å²) in [6, 6.07) is 5.36. The fourth-order valence-corrected chi connectivity index (χ4v) is 3.42. The number of carbonyl (C=O) groups excluding carboxylic acids is 2. The van der Waals surface area contributed by atoms with Crippen LogP contribution in [-0.2, 0) is 14.3 Å². The number of benzene rings is 1. The number of carbonyl (C=O) groups is 2. The molecule has 0 spiro atoms. The van der Waals surface area contributed by atoms with Gasteiger partial charge in [0.15, 0.2) is 6.10 Å². The molecule has 2 amide bonds. The molecule has 0 bridgehead atoms. The molecular weight excluding hydrogens is 327 g/mol. The number of hydrogen-bond acceptors (Lipinski definition) is 3. The Morgan fingerprint density at radius 1 is 1.23 bits per heavy atom. The summed E-state index contributed by atoms with van der Waals surface area (Å²) in [5.74, 6) is -0.443. The van der Waals surface area contributed by atoms with Crippen molar-refractivity contribution >= 4 is 35.0 Å². The van der Waals surface area contributed by atoms with Crippen molar-refractivity contribution in [3.05, 3.63) is 33.8 Å².